The predicted octanol–water partition coefficient (Wildman–Crippen LogP) is 4.31. The molecule has 0 spiro atoms. The minimum absolute atomic E-state index is 0.106. The molecule has 1 saturated heterocycles. The minimum Gasteiger partial charge on any atom is -0.379 e. The van der Waals surface area contributed by atoms with E-state index in [-0.39, 0.29) is 11.8 Å². The number of nitrogens with zero attached hydrogens (tertiary/aromatic N) is 2. The third-order valence-corrected chi connectivity index (χ3v) is 6.71. The van der Waals surface area contributed by atoms with Gasteiger partial charge in [-0.05, 0) is 48.9 Å². The van der Waals surface area contributed by atoms with Gasteiger partial charge in [-0.2, -0.15) is 0 Å². The molecular formula is C30H32N4O3. The first-order chi connectivity index (χ1) is 18.1. The fourth-order valence-electron chi connectivity index (χ4n) is 4.62. The Balaban J connectivity index is 1.37. The second kappa shape index (κ2) is 11.4. The fourth-order valence-corrected chi connectivity index (χ4v) is 4.62. The number of benzene rings is 3. The molecule has 1 aliphatic heterocycles. The van der Waals surface area contributed by atoms with E-state index >= 15 is 0 Å². The van der Waals surface area contributed by atoms with Crippen molar-refractivity contribution in [1.29, 1.82) is 0 Å². The lowest BCUT2D eigenvalue weighted by Crippen LogP contribution is -2.41. The number of fused-ring (bicyclic) bond motifs is 1. The van der Waals surface area contributed by atoms with Crippen LogP contribution in [0, 0.1) is 6.92 Å². The van der Waals surface area contributed by atoms with Crippen LogP contribution in [0.2, 0.25) is 0 Å². The summed E-state index contributed by atoms with van der Waals surface area (Å²) in [7, 11) is 0. The van der Waals surface area contributed by atoms with Crippen LogP contribution in [0.1, 0.15) is 32.0 Å². The van der Waals surface area contributed by atoms with Crippen molar-refractivity contribution in [3.63, 3.8) is 0 Å². The van der Waals surface area contributed by atoms with E-state index in [4.69, 9.17) is 4.74 Å². The predicted molar refractivity (Wildman–Crippen MR) is 146 cm³/mol. The highest BCUT2D eigenvalue weighted by Gasteiger charge is 2.18. The van der Waals surface area contributed by atoms with Crippen LogP contribution in [0.4, 0.5) is 5.69 Å². The van der Waals surface area contributed by atoms with Gasteiger partial charge in [0.2, 0.25) is 0 Å². The van der Waals surface area contributed by atoms with Gasteiger partial charge in [-0.25, -0.2) is 0 Å². The van der Waals surface area contributed by atoms with Crippen molar-refractivity contribution >= 4 is 28.4 Å². The molecule has 2 heterocycles. The Hall–Kier alpha value is -3.94. The lowest BCUT2D eigenvalue weighted by molar-refractivity contribution is 0.0383. The standard InChI is InChI=1S/C30H32N4O3/c1-22-7-9-24(10-8-22)29(35)32-26-11-12-27-25(19-26)20-28(34(27)21-23-5-3-2-4-6-23)30(36)31-13-14-33-15-17-37-18-16-33/h2-12,19-20H,13-18,21H2,1H3,(H,31,36)(H,32,35). The quantitative estimate of drug-likeness (QED) is 0.381. The molecule has 4 aromatic rings. The first kappa shape index (κ1) is 24.7. The van der Waals surface area contributed by atoms with Gasteiger partial charge in [0.15, 0.2) is 0 Å². The first-order valence-electron chi connectivity index (χ1n) is 12.7. The molecule has 0 bridgehead atoms. The van der Waals surface area contributed by atoms with Gasteiger partial charge >= 0.3 is 0 Å². The zero-order valence-corrected chi connectivity index (χ0v) is 21.1. The Bertz CT molecular complexity index is 1370. The Labute approximate surface area is 217 Å². The zero-order valence-electron chi connectivity index (χ0n) is 21.1. The van der Waals surface area contributed by atoms with Crippen LogP contribution in [-0.2, 0) is 11.3 Å². The molecule has 0 aliphatic carbocycles. The van der Waals surface area contributed by atoms with Crippen LogP contribution in [0.15, 0.2) is 78.9 Å². The summed E-state index contributed by atoms with van der Waals surface area (Å²) in [6.07, 6.45) is 0. The summed E-state index contributed by atoms with van der Waals surface area (Å²) >= 11 is 0. The highest BCUT2D eigenvalue weighted by atomic mass is 16.5. The van der Waals surface area contributed by atoms with Gasteiger partial charge in [-0.3, -0.25) is 14.5 Å². The summed E-state index contributed by atoms with van der Waals surface area (Å²) in [5, 5.41) is 6.98. The largest absolute Gasteiger partial charge is 0.379 e. The van der Waals surface area contributed by atoms with Crippen molar-refractivity contribution < 1.29 is 14.3 Å². The topological polar surface area (TPSA) is 75.6 Å². The Morgan fingerprint density at radius 2 is 1.65 bits per heavy atom. The van der Waals surface area contributed by atoms with Crippen molar-refractivity contribution in [2.45, 2.75) is 13.5 Å². The second-order valence-electron chi connectivity index (χ2n) is 9.40. The molecule has 2 N–H and O–H groups in total. The SMILES string of the molecule is Cc1ccc(C(=O)Nc2ccc3c(c2)cc(C(=O)NCCN2CCOCC2)n3Cc2ccccc2)cc1. The minimum atomic E-state index is -0.163. The summed E-state index contributed by atoms with van der Waals surface area (Å²) in [6, 6.07) is 25.3. The molecule has 3 aromatic carbocycles. The number of aryl methyl sites for hydroxylation is 1. The van der Waals surface area contributed by atoms with Gasteiger partial charge in [0.05, 0.1) is 13.2 Å². The Morgan fingerprint density at radius 3 is 2.41 bits per heavy atom. The average molecular weight is 497 g/mol. The zero-order chi connectivity index (χ0) is 25.6. The molecule has 1 aromatic heterocycles. The number of nitrogens with one attached hydrogen (secondary N) is 2. The average Bonchev–Trinajstić information content (AvgIpc) is 3.27. The van der Waals surface area contributed by atoms with E-state index in [9.17, 15) is 9.59 Å². The highest BCUT2D eigenvalue weighted by molar-refractivity contribution is 6.06. The molecular weight excluding hydrogens is 464 g/mol. The van der Waals surface area contributed by atoms with Crippen molar-refractivity contribution in [3.8, 4) is 0 Å². The summed E-state index contributed by atoms with van der Waals surface area (Å²) in [5.41, 5.74) is 5.05. The fraction of sp³-hybridized carbons (Fsp3) is 0.267. The lowest BCUT2D eigenvalue weighted by atomic mass is 10.1. The van der Waals surface area contributed by atoms with Gasteiger partial charge in [-0.1, -0.05) is 48.0 Å². The van der Waals surface area contributed by atoms with Gasteiger partial charge in [0, 0.05) is 54.9 Å². The van der Waals surface area contributed by atoms with E-state index in [1.165, 1.54) is 0 Å². The van der Waals surface area contributed by atoms with E-state index in [0.29, 0.717) is 30.0 Å². The van der Waals surface area contributed by atoms with Gasteiger partial charge in [0.1, 0.15) is 5.69 Å². The lowest BCUT2D eigenvalue weighted by Gasteiger charge is -2.26. The summed E-state index contributed by atoms with van der Waals surface area (Å²) in [5.74, 6) is -0.269. The van der Waals surface area contributed by atoms with E-state index < -0.39 is 0 Å². The number of hydrogen-bond acceptors (Lipinski definition) is 4. The van der Waals surface area contributed by atoms with Crippen LogP contribution >= 0.6 is 0 Å². The molecule has 0 unspecified atom stereocenters. The maximum Gasteiger partial charge on any atom is 0.267 e. The van der Waals surface area contributed by atoms with Gasteiger partial charge in [0.25, 0.3) is 11.8 Å². The van der Waals surface area contributed by atoms with E-state index in [1.807, 2.05) is 78.2 Å². The molecule has 7 heteroatoms. The van der Waals surface area contributed by atoms with Crippen LogP contribution in [0.3, 0.4) is 0 Å². The van der Waals surface area contributed by atoms with Gasteiger partial charge < -0.3 is 19.9 Å². The molecule has 0 radical (unpaired) electrons. The second-order valence-corrected chi connectivity index (χ2v) is 9.40. The van der Waals surface area contributed by atoms with Crippen LogP contribution < -0.4 is 10.6 Å². The van der Waals surface area contributed by atoms with Crippen LogP contribution in [0.5, 0.6) is 0 Å². The number of hydrogen-bond donors (Lipinski definition) is 2. The molecule has 190 valence electrons. The van der Waals surface area contributed by atoms with E-state index in [0.717, 1.165) is 54.9 Å². The van der Waals surface area contributed by atoms with Crippen molar-refractivity contribution in [1.82, 2.24) is 14.8 Å². The normalized spacial score (nSPS) is 14.0. The summed E-state index contributed by atoms with van der Waals surface area (Å²) in [4.78, 5) is 28.3. The van der Waals surface area contributed by atoms with Crippen molar-refractivity contribution in [2.75, 3.05) is 44.7 Å². The highest BCUT2D eigenvalue weighted by Crippen LogP contribution is 2.25. The number of carbonyl (C=O) groups excluding carboxylic acids is 2. The molecule has 0 saturated carbocycles. The Morgan fingerprint density at radius 1 is 0.892 bits per heavy atom. The summed E-state index contributed by atoms with van der Waals surface area (Å²) in [6.45, 7) is 7.19. The molecule has 1 aliphatic rings. The van der Waals surface area contributed by atoms with Crippen LogP contribution in [-0.4, -0.2) is 60.7 Å². The van der Waals surface area contributed by atoms with E-state index in [1.54, 1.807) is 0 Å². The van der Waals surface area contributed by atoms with Crippen LogP contribution in [0.25, 0.3) is 10.9 Å². The summed E-state index contributed by atoms with van der Waals surface area (Å²) < 4.78 is 7.45. The third-order valence-electron chi connectivity index (χ3n) is 6.71. The molecule has 5 rings (SSSR count). The number of rotatable bonds is 8. The van der Waals surface area contributed by atoms with Crippen molar-refractivity contribution in [2.24, 2.45) is 0 Å². The third kappa shape index (κ3) is 6.07. The molecule has 2 amide bonds. The molecule has 7 nitrogen and oxygen atoms in total. The number of aromatic nitrogens is 1. The smallest absolute Gasteiger partial charge is 0.267 e. The van der Waals surface area contributed by atoms with Gasteiger partial charge in [-0.15, -0.1) is 0 Å². The molecule has 37 heavy (non-hydrogen) atoms. The van der Waals surface area contributed by atoms with Crippen molar-refractivity contribution in [3.05, 3.63) is 101 Å². The Kier molecular flexibility index (Phi) is 7.63. The maximum absolute atomic E-state index is 13.3. The molecule has 1 fully saturated rings. The monoisotopic (exact) mass is 496 g/mol. The number of carbonyl (C=O) groups is 2. The van der Waals surface area contributed by atoms with E-state index in [2.05, 4.69) is 27.7 Å². The maximum atomic E-state index is 13.3. The number of ether oxygens (including phenoxy) is 1. The number of morpholine rings is 1. The number of amides is 2. The first-order valence-corrected chi connectivity index (χ1v) is 12.7. The number of anilines is 1. The molecule has 0 atom stereocenters.